The van der Waals surface area contributed by atoms with E-state index in [1.54, 1.807) is 6.92 Å². The van der Waals surface area contributed by atoms with Gasteiger partial charge in [0, 0.05) is 17.0 Å². The Balaban J connectivity index is 2.13. The first-order valence-electron chi connectivity index (χ1n) is 5.08. The monoisotopic (exact) mass is 226 g/mol. The second-order valence-corrected chi connectivity index (χ2v) is 5.07. The summed E-state index contributed by atoms with van der Waals surface area (Å²) in [6, 6.07) is 1.47. The van der Waals surface area contributed by atoms with Crippen LogP contribution in [0, 0.1) is 6.92 Å². The summed E-state index contributed by atoms with van der Waals surface area (Å²) in [6.45, 7) is 1.80. The molecular formula is C10H14N2O2S. The van der Waals surface area contributed by atoms with Crippen LogP contribution in [0.4, 0.5) is 0 Å². The molecule has 0 radical (unpaired) electrons. The van der Waals surface area contributed by atoms with Gasteiger partial charge >= 0.3 is 0 Å². The fourth-order valence-electron chi connectivity index (χ4n) is 1.79. The minimum absolute atomic E-state index is 0.127. The zero-order chi connectivity index (χ0) is 10.8. The molecule has 15 heavy (non-hydrogen) atoms. The Kier molecular flexibility index (Phi) is 3.11. The molecule has 4 nitrogen and oxygen atoms in total. The maximum atomic E-state index is 11.2. The number of aliphatic hydroxyl groups is 1. The molecule has 2 rings (SSSR count). The van der Waals surface area contributed by atoms with Crippen LogP contribution in [0.2, 0.25) is 0 Å². The lowest BCUT2D eigenvalue weighted by Crippen LogP contribution is -2.17. The molecular weight excluding hydrogens is 212 g/mol. The van der Waals surface area contributed by atoms with Crippen molar-refractivity contribution in [1.29, 1.82) is 0 Å². The van der Waals surface area contributed by atoms with E-state index < -0.39 is 0 Å². The topological polar surface area (TPSA) is 66.0 Å². The van der Waals surface area contributed by atoms with Crippen LogP contribution in [-0.4, -0.2) is 26.4 Å². The highest BCUT2D eigenvalue weighted by molar-refractivity contribution is 7.99. The predicted octanol–water partition coefficient (Wildman–Crippen LogP) is 1.08. The van der Waals surface area contributed by atoms with Gasteiger partial charge in [0.2, 0.25) is 0 Å². The van der Waals surface area contributed by atoms with Crippen LogP contribution in [0.5, 0.6) is 0 Å². The van der Waals surface area contributed by atoms with Crippen LogP contribution < -0.4 is 5.56 Å². The Hall–Kier alpha value is -0.810. The first-order valence-corrected chi connectivity index (χ1v) is 5.96. The summed E-state index contributed by atoms with van der Waals surface area (Å²) < 4.78 is 0. The molecule has 1 fully saturated rings. The molecule has 2 atom stereocenters. The third kappa shape index (κ3) is 2.60. The van der Waals surface area contributed by atoms with Crippen LogP contribution in [0.25, 0.3) is 0 Å². The maximum Gasteiger partial charge on any atom is 0.251 e. The van der Waals surface area contributed by atoms with Crippen molar-refractivity contribution in [2.24, 2.45) is 0 Å². The quantitative estimate of drug-likeness (QED) is 0.741. The molecule has 0 amide bonds. The summed E-state index contributed by atoms with van der Waals surface area (Å²) in [5.41, 5.74) is 0.589. The van der Waals surface area contributed by atoms with E-state index in [9.17, 15) is 9.90 Å². The highest BCUT2D eigenvalue weighted by Gasteiger charge is 2.26. The lowest BCUT2D eigenvalue weighted by molar-refractivity contribution is 0.188. The van der Waals surface area contributed by atoms with E-state index in [0.29, 0.717) is 10.9 Å². The van der Waals surface area contributed by atoms with Crippen molar-refractivity contribution < 1.29 is 5.11 Å². The minimum Gasteiger partial charge on any atom is -0.392 e. The van der Waals surface area contributed by atoms with Gasteiger partial charge in [-0.2, -0.15) is 0 Å². The lowest BCUT2D eigenvalue weighted by Gasteiger charge is -2.12. The van der Waals surface area contributed by atoms with E-state index >= 15 is 0 Å². The molecule has 1 heterocycles. The van der Waals surface area contributed by atoms with Crippen LogP contribution in [0.1, 0.15) is 25.0 Å². The van der Waals surface area contributed by atoms with Gasteiger partial charge in [0.1, 0.15) is 0 Å². The van der Waals surface area contributed by atoms with Gasteiger partial charge in [0.25, 0.3) is 5.56 Å². The van der Waals surface area contributed by atoms with E-state index in [4.69, 9.17) is 0 Å². The summed E-state index contributed by atoms with van der Waals surface area (Å²) in [5, 5.41) is 10.4. The second-order valence-electron chi connectivity index (χ2n) is 3.85. The van der Waals surface area contributed by atoms with Crippen molar-refractivity contribution in [2.75, 3.05) is 0 Å². The SMILES string of the molecule is Cc1cc(=O)[nH]c(S[C@@H]2CCC[C@H]2O)n1. The van der Waals surface area contributed by atoms with Gasteiger partial charge in [-0.1, -0.05) is 11.8 Å². The fraction of sp³-hybridized carbons (Fsp3) is 0.600. The molecule has 1 aromatic heterocycles. The van der Waals surface area contributed by atoms with Crippen molar-refractivity contribution >= 4 is 11.8 Å². The Bertz CT molecular complexity index is 405. The largest absolute Gasteiger partial charge is 0.392 e. The third-order valence-electron chi connectivity index (χ3n) is 2.53. The van der Waals surface area contributed by atoms with E-state index in [1.807, 2.05) is 0 Å². The highest BCUT2D eigenvalue weighted by Crippen LogP contribution is 2.32. The summed E-state index contributed by atoms with van der Waals surface area (Å²) in [5.74, 6) is 0. The molecule has 1 saturated carbocycles. The van der Waals surface area contributed by atoms with Crippen molar-refractivity contribution in [3.8, 4) is 0 Å². The van der Waals surface area contributed by atoms with Crippen LogP contribution >= 0.6 is 11.8 Å². The average Bonchev–Trinajstić information content (AvgIpc) is 2.50. The van der Waals surface area contributed by atoms with Crippen molar-refractivity contribution in [2.45, 2.75) is 42.7 Å². The van der Waals surface area contributed by atoms with Gasteiger partial charge in [-0.3, -0.25) is 4.79 Å². The Morgan fingerprint density at radius 3 is 3.00 bits per heavy atom. The number of rotatable bonds is 2. The Morgan fingerprint density at radius 2 is 2.40 bits per heavy atom. The van der Waals surface area contributed by atoms with E-state index in [2.05, 4.69) is 9.97 Å². The van der Waals surface area contributed by atoms with E-state index in [-0.39, 0.29) is 16.9 Å². The Morgan fingerprint density at radius 1 is 1.60 bits per heavy atom. The molecule has 0 aliphatic heterocycles. The molecule has 1 aliphatic rings. The van der Waals surface area contributed by atoms with Gasteiger partial charge < -0.3 is 10.1 Å². The maximum absolute atomic E-state index is 11.2. The molecule has 1 aliphatic carbocycles. The zero-order valence-electron chi connectivity index (χ0n) is 8.56. The molecule has 1 aromatic rings. The normalized spacial score (nSPS) is 25.7. The third-order valence-corrected chi connectivity index (χ3v) is 3.80. The molecule has 0 aromatic carbocycles. The van der Waals surface area contributed by atoms with Crippen molar-refractivity contribution in [1.82, 2.24) is 9.97 Å². The number of nitrogens with one attached hydrogen (secondary N) is 1. The highest BCUT2D eigenvalue weighted by atomic mass is 32.2. The van der Waals surface area contributed by atoms with Gasteiger partial charge in [-0.15, -0.1) is 0 Å². The van der Waals surface area contributed by atoms with Gasteiger partial charge in [0.15, 0.2) is 5.16 Å². The van der Waals surface area contributed by atoms with E-state index in [1.165, 1.54) is 17.8 Å². The number of aryl methyl sites for hydroxylation is 1. The summed E-state index contributed by atoms with van der Waals surface area (Å²) in [4.78, 5) is 18.1. The molecule has 0 saturated heterocycles. The van der Waals surface area contributed by atoms with Crippen LogP contribution in [0.15, 0.2) is 16.0 Å². The van der Waals surface area contributed by atoms with E-state index in [0.717, 1.165) is 19.3 Å². The number of nitrogens with zero attached hydrogens (tertiary/aromatic N) is 1. The molecule has 0 unspecified atom stereocenters. The standard InChI is InChI=1S/C10H14N2O2S/c1-6-5-9(14)12-10(11-6)15-8-4-2-3-7(8)13/h5,7-8,13H,2-4H2,1H3,(H,11,12,14)/t7-,8-/m1/s1. The summed E-state index contributed by atoms with van der Waals surface area (Å²) in [7, 11) is 0. The number of aliphatic hydroxyl groups excluding tert-OH is 1. The minimum atomic E-state index is -0.263. The average molecular weight is 226 g/mol. The first-order chi connectivity index (χ1) is 7.15. The summed E-state index contributed by atoms with van der Waals surface area (Å²) in [6.07, 6.45) is 2.63. The first kappa shape index (κ1) is 10.7. The number of aromatic nitrogens is 2. The zero-order valence-corrected chi connectivity index (χ0v) is 9.38. The van der Waals surface area contributed by atoms with Crippen LogP contribution in [0.3, 0.4) is 0 Å². The number of hydrogen-bond acceptors (Lipinski definition) is 4. The smallest absolute Gasteiger partial charge is 0.251 e. The molecule has 0 spiro atoms. The molecule has 82 valence electrons. The lowest BCUT2D eigenvalue weighted by atomic mass is 10.3. The van der Waals surface area contributed by atoms with Crippen molar-refractivity contribution in [3.05, 3.63) is 22.1 Å². The second kappa shape index (κ2) is 4.37. The molecule has 2 N–H and O–H groups in total. The summed E-state index contributed by atoms with van der Waals surface area (Å²) >= 11 is 1.47. The Labute approximate surface area is 92.1 Å². The number of thioether (sulfide) groups is 1. The predicted molar refractivity (Wildman–Crippen MR) is 59.1 cm³/mol. The molecule has 0 bridgehead atoms. The van der Waals surface area contributed by atoms with Crippen LogP contribution in [-0.2, 0) is 0 Å². The van der Waals surface area contributed by atoms with Gasteiger partial charge in [0.05, 0.1) is 6.10 Å². The number of hydrogen-bond donors (Lipinski definition) is 2. The van der Waals surface area contributed by atoms with Gasteiger partial charge in [-0.25, -0.2) is 4.98 Å². The number of aromatic amines is 1. The van der Waals surface area contributed by atoms with Crippen molar-refractivity contribution in [3.63, 3.8) is 0 Å². The fourth-order valence-corrected chi connectivity index (χ4v) is 3.02. The molecule has 5 heteroatoms. The van der Waals surface area contributed by atoms with Gasteiger partial charge in [-0.05, 0) is 26.2 Å². The number of H-pyrrole nitrogens is 1.